The number of aromatic nitrogens is 3. The van der Waals surface area contributed by atoms with Crippen LogP contribution in [0.25, 0.3) is 0 Å². The third-order valence-corrected chi connectivity index (χ3v) is 3.40. The van der Waals surface area contributed by atoms with Crippen LogP contribution >= 0.6 is 48.8 Å². The molecule has 3 nitrogen and oxygen atoms in total. The van der Waals surface area contributed by atoms with Crippen LogP contribution in [0.15, 0.2) is 30.3 Å². The Morgan fingerprint density at radius 3 is 2.32 bits per heavy atom. The molecule has 1 aromatic heterocycles. The van der Waals surface area contributed by atoms with Crippen molar-refractivity contribution >= 4 is 48.8 Å². The third-order valence-electron chi connectivity index (χ3n) is 2.60. The Balaban J connectivity index is 0.00000180. The molecule has 2 aromatic rings. The highest BCUT2D eigenvalue weighted by atomic mass is 79.9. The van der Waals surface area contributed by atoms with Crippen LogP contribution in [-0.4, -0.2) is 25.4 Å². The topological polar surface area (TPSA) is 30.7 Å². The van der Waals surface area contributed by atoms with Crippen LogP contribution in [0.5, 0.6) is 0 Å². The Morgan fingerprint density at radius 2 is 1.68 bits per heavy atom. The second kappa shape index (κ2) is 8.87. The first kappa shape index (κ1) is 16.9. The summed E-state index contributed by atoms with van der Waals surface area (Å²) in [5.41, 5.74) is 1.25. The summed E-state index contributed by atoms with van der Waals surface area (Å²) in [4.78, 5) is 4.58. The first-order chi connectivity index (χ1) is 8.83. The van der Waals surface area contributed by atoms with Crippen molar-refractivity contribution in [1.82, 2.24) is 14.8 Å². The van der Waals surface area contributed by atoms with Crippen LogP contribution in [0, 0.1) is 0 Å². The molecule has 0 aliphatic heterocycles. The first-order valence-electron chi connectivity index (χ1n) is 5.92. The Kier molecular flexibility index (Phi) is 7.87. The SMILES string of the molecule is Br.BrCCc1nc(CCBr)n(Cc2ccccc2)n1. The quantitative estimate of drug-likeness (QED) is 0.623. The summed E-state index contributed by atoms with van der Waals surface area (Å²) in [5, 5.41) is 6.38. The average Bonchev–Trinajstić information content (AvgIpc) is 2.74. The van der Waals surface area contributed by atoms with Crippen molar-refractivity contribution in [3.8, 4) is 0 Å². The van der Waals surface area contributed by atoms with Crippen molar-refractivity contribution in [2.75, 3.05) is 10.7 Å². The molecule has 0 bridgehead atoms. The van der Waals surface area contributed by atoms with Gasteiger partial charge in [-0.25, -0.2) is 9.67 Å². The standard InChI is InChI=1S/C13H15Br2N3.BrH/c14-8-6-12-16-13(7-9-15)18(17-12)10-11-4-2-1-3-5-11;/h1-5H,6-10H2;1H. The van der Waals surface area contributed by atoms with E-state index in [1.807, 2.05) is 10.7 Å². The molecule has 0 fully saturated rings. The van der Waals surface area contributed by atoms with E-state index in [4.69, 9.17) is 0 Å². The van der Waals surface area contributed by atoms with Gasteiger partial charge in [0.05, 0.1) is 6.54 Å². The second-order valence-electron chi connectivity index (χ2n) is 3.97. The Bertz CT molecular complexity index is 485. The van der Waals surface area contributed by atoms with E-state index in [-0.39, 0.29) is 17.0 Å². The van der Waals surface area contributed by atoms with Gasteiger partial charge in [-0.2, -0.15) is 5.10 Å². The fraction of sp³-hybridized carbons (Fsp3) is 0.385. The summed E-state index contributed by atoms with van der Waals surface area (Å²) in [7, 11) is 0. The predicted octanol–water partition coefficient (Wildman–Crippen LogP) is 3.78. The molecule has 1 heterocycles. The molecular weight excluding hydrogens is 438 g/mol. The van der Waals surface area contributed by atoms with Crippen molar-refractivity contribution < 1.29 is 0 Å². The largest absolute Gasteiger partial charge is 0.245 e. The molecule has 6 heteroatoms. The monoisotopic (exact) mass is 451 g/mol. The summed E-state index contributed by atoms with van der Waals surface area (Å²) >= 11 is 6.89. The van der Waals surface area contributed by atoms with E-state index in [9.17, 15) is 0 Å². The summed E-state index contributed by atoms with van der Waals surface area (Å²) < 4.78 is 2.01. The number of halogens is 3. The van der Waals surface area contributed by atoms with Crippen LogP contribution in [0.4, 0.5) is 0 Å². The van der Waals surface area contributed by atoms with Crippen molar-refractivity contribution in [3.05, 3.63) is 47.5 Å². The predicted molar refractivity (Wildman–Crippen MR) is 90.9 cm³/mol. The zero-order chi connectivity index (χ0) is 12.8. The minimum atomic E-state index is 0. The normalized spacial score (nSPS) is 10.2. The lowest BCUT2D eigenvalue weighted by molar-refractivity contribution is 0.639. The molecule has 2 rings (SSSR count). The van der Waals surface area contributed by atoms with Gasteiger partial charge in [0.15, 0.2) is 5.82 Å². The number of nitrogens with zero attached hydrogens (tertiary/aromatic N) is 3. The summed E-state index contributed by atoms with van der Waals surface area (Å²) in [5.74, 6) is 1.96. The van der Waals surface area contributed by atoms with Gasteiger partial charge in [-0.05, 0) is 5.56 Å². The molecule has 0 radical (unpaired) electrons. The molecule has 104 valence electrons. The average molecular weight is 454 g/mol. The van der Waals surface area contributed by atoms with Gasteiger partial charge in [-0.1, -0.05) is 62.2 Å². The molecular formula is C13H16Br3N3. The lowest BCUT2D eigenvalue weighted by Crippen LogP contribution is -2.07. The van der Waals surface area contributed by atoms with Gasteiger partial charge in [0.2, 0.25) is 0 Å². The highest BCUT2D eigenvalue weighted by Gasteiger charge is 2.09. The summed E-state index contributed by atoms with van der Waals surface area (Å²) in [6, 6.07) is 10.4. The van der Waals surface area contributed by atoms with E-state index in [0.717, 1.165) is 41.7 Å². The molecule has 0 atom stereocenters. The van der Waals surface area contributed by atoms with E-state index >= 15 is 0 Å². The van der Waals surface area contributed by atoms with Gasteiger partial charge in [0, 0.05) is 23.5 Å². The minimum Gasteiger partial charge on any atom is -0.245 e. The zero-order valence-electron chi connectivity index (χ0n) is 10.4. The van der Waals surface area contributed by atoms with Crippen molar-refractivity contribution in [2.45, 2.75) is 19.4 Å². The lowest BCUT2D eigenvalue weighted by Gasteiger charge is -2.04. The Morgan fingerprint density at radius 1 is 1.00 bits per heavy atom. The summed E-state index contributed by atoms with van der Waals surface area (Å²) in [6.07, 6.45) is 1.78. The number of rotatable bonds is 6. The van der Waals surface area contributed by atoms with Crippen LogP contribution in [0.2, 0.25) is 0 Å². The molecule has 0 saturated heterocycles. The Labute approximate surface area is 140 Å². The van der Waals surface area contributed by atoms with Gasteiger partial charge in [0.1, 0.15) is 5.82 Å². The van der Waals surface area contributed by atoms with Gasteiger partial charge in [0.25, 0.3) is 0 Å². The van der Waals surface area contributed by atoms with Crippen molar-refractivity contribution in [3.63, 3.8) is 0 Å². The zero-order valence-corrected chi connectivity index (χ0v) is 15.3. The number of hydrogen-bond acceptors (Lipinski definition) is 2. The first-order valence-corrected chi connectivity index (χ1v) is 8.16. The van der Waals surface area contributed by atoms with Gasteiger partial charge >= 0.3 is 0 Å². The number of aryl methyl sites for hydroxylation is 2. The smallest absolute Gasteiger partial charge is 0.151 e. The highest BCUT2D eigenvalue weighted by molar-refractivity contribution is 9.09. The van der Waals surface area contributed by atoms with Crippen molar-refractivity contribution in [2.24, 2.45) is 0 Å². The number of benzene rings is 1. The van der Waals surface area contributed by atoms with E-state index in [2.05, 4.69) is 66.2 Å². The molecule has 0 unspecified atom stereocenters. The molecule has 0 spiro atoms. The van der Waals surface area contributed by atoms with E-state index < -0.39 is 0 Å². The third kappa shape index (κ3) is 5.00. The molecule has 0 saturated carbocycles. The fourth-order valence-corrected chi connectivity index (χ4v) is 2.48. The fourth-order valence-electron chi connectivity index (χ4n) is 1.77. The van der Waals surface area contributed by atoms with Crippen LogP contribution in [0.3, 0.4) is 0 Å². The number of alkyl halides is 2. The maximum atomic E-state index is 4.58. The molecule has 0 N–H and O–H groups in total. The second-order valence-corrected chi connectivity index (χ2v) is 5.55. The van der Waals surface area contributed by atoms with Crippen molar-refractivity contribution in [1.29, 1.82) is 0 Å². The van der Waals surface area contributed by atoms with Crippen LogP contribution in [-0.2, 0) is 19.4 Å². The molecule has 19 heavy (non-hydrogen) atoms. The van der Waals surface area contributed by atoms with E-state index in [1.54, 1.807) is 0 Å². The molecule has 0 aliphatic rings. The Hall–Kier alpha value is -0.200. The lowest BCUT2D eigenvalue weighted by atomic mass is 10.2. The maximum Gasteiger partial charge on any atom is 0.151 e. The molecule has 0 aliphatic carbocycles. The van der Waals surface area contributed by atoms with Gasteiger partial charge in [-0.15, -0.1) is 17.0 Å². The van der Waals surface area contributed by atoms with Crippen LogP contribution in [0.1, 0.15) is 17.2 Å². The minimum absolute atomic E-state index is 0. The highest BCUT2D eigenvalue weighted by Crippen LogP contribution is 2.08. The number of hydrogen-bond donors (Lipinski definition) is 0. The van der Waals surface area contributed by atoms with Crippen LogP contribution < -0.4 is 0 Å². The van der Waals surface area contributed by atoms with E-state index in [0.29, 0.717) is 0 Å². The summed E-state index contributed by atoms with van der Waals surface area (Å²) in [6.45, 7) is 0.790. The van der Waals surface area contributed by atoms with Gasteiger partial charge in [-0.3, -0.25) is 0 Å². The maximum absolute atomic E-state index is 4.58. The van der Waals surface area contributed by atoms with Gasteiger partial charge < -0.3 is 0 Å². The molecule has 1 aromatic carbocycles. The van der Waals surface area contributed by atoms with E-state index in [1.165, 1.54) is 5.56 Å². The molecule has 0 amide bonds.